The van der Waals surface area contributed by atoms with Crippen molar-refractivity contribution < 1.29 is 9.59 Å². The fraction of sp³-hybridized carbons (Fsp3) is 0.474. The van der Waals surface area contributed by atoms with Gasteiger partial charge in [0, 0.05) is 42.7 Å². The lowest BCUT2D eigenvalue weighted by molar-refractivity contribution is 0.0666. The third-order valence-electron chi connectivity index (χ3n) is 5.27. The second-order valence-corrected chi connectivity index (χ2v) is 8.68. The highest BCUT2D eigenvalue weighted by molar-refractivity contribution is 7.16. The van der Waals surface area contributed by atoms with Gasteiger partial charge < -0.3 is 9.80 Å². The van der Waals surface area contributed by atoms with Gasteiger partial charge in [0.05, 0.1) is 5.69 Å². The first-order valence-electron chi connectivity index (χ1n) is 9.20. The van der Waals surface area contributed by atoms with Crippen molar-refractivity contribution in [2.75, 3.05) is 31.5 Å². The van der Waals surface area contributed by atoms with Gasteiger partial charge in [-0.25, -0.2) is 9.78 Å². The molecule has 0 radical (unpaired) electrons. The van der Waals surface area contributed by atoms with Crippen LogP contribution in [0.4, 0.5) is 9.93 Å². The van der Waals surface area contributed by atoms with Gasteiger partial charge in [0.1, 0.15) is 5.69 Å². The van der Waals surface area contributed by atoms with Crippen molar-refractivity contribution >= 4 is 28.4 Å². The molecule has 27 heavy (non-hydrogen) atoms. The molecule has 2 aromatic rings. The Kier molecular flexibility index (Phi) is 4.59. The number of rotatable bonds is 2. The molecule has 7 nitrogen and oxygen atoms in total. The van der Waals surface area contributed by atoms with Crippen LogP contribution in [0.2, 0.25) is 0 Å². The summed E-state index contributed by atoms with van der Waals surface area (Å²) in [4.78, 5) is 38.5. The van der Waals surface area contributed by atoms with Crippen LogP contribution in [-0.4, -0.2) is 57.9 Å². The van der Waals surface area contributed by atoms with Crippen LogP contribution in [-0.2, 0) is 11.8 Å². The van der Waals surface area contributed by atoms with Crippen molar-refractivity contribution in [2.24, 2.45) is 0 Å². The van der Waals surface area contributed by atoms with Crippen LogP contribution in [0.15, 0.2) is 24.4 Å². The lowest BCUT2D eigenvalue weighted by atomic mass is 9.91. The Morgan fingerprint density at radius 2 is 1.89 bits per heavy atom. The van der Waals surface area contributed by atoms with E-state index in [0.29, 0.717) is 37.0 Å². The first-order chi connectivity index (χ1) is 12.9. The molecule has 0 bridgehead atoms. The van der Waals surface area contributed by atoms with Gasteiger partial charge in [-0.3, -0.25) is 15.1 Å². The van der Waals surface area contributed by atoms with Crippen LogP contribution in [0.5, 0.6) is 0 Å². The molecule has 1 aliphatic carbocycles. The summed E-state index contributed by atoms with van der Waals surface area (Å²) in [7, 11) is 0. The molecule has 1 saturated heterocycles. The fourth-order valence-corrected chi connectivity index (χ4v) is 4.71. The molecule has 1 aliphatic heterocycles. The minimum absolute atomic E-state index is 0.0887. The van der Waals surface area contributed by atoms with Gasteiger partial charge >= 0.3 is 6.03 Å². The second kappa shape index (κ2) is 6.92. The Morgan fingerprint density at radius 1 is 1.15 bits per heavy atom. The number of anilines is 1. The smallest absolute Gasteiger partial charge is 0.323 e. The van der Waals surface area contributed by atoms with E-state index in [2.05, 4.69) is 29.1 Å². The maximum atomic E-state index is 12.6. The number of piperazine rings is 1. The van der Waals surface area contributed by atoms with Crippen molar-refractivity contribution in [1.29, 1.82) is 0 Å². The predicted molar refractivity (Wildman–Crippen MR) is 104 cm³/mol. The molecule has 0 saturated carbocycles. The molecule has 1 fully saturated rings. The van der Waals surface area contributed by atoms with Crippen LogP contribution in [0.3, 0.4) is 0 Å². The summed E-state index contributed by atoms with van der Waals surface area (Å²) in [5.74, 6) is -0.0887. The number of nitrogens with zero attached hydrogens (tertiary/aromatic N) is 4. The van der Waals surface area contributed by atoms with Gasteiger partial charge in [-0.1, -0.05) is 19.9 Å². The number of carbonyl (C=O) groups excluding carboxylic acids is 2. The molecule has 8 heteroatoms. The maximum Gasteiger partial charge on any atom is 0.323 e. The first kappa shape index (κ1) is 17.9. The van der Waals surface area contributed by atoms with E-state index >= 15 is 0 Å². The van der Waals surface area contributed by atoms with Crippen molar-refractivity contribution in [1.82, 2.24) is 19.8 Å². The number of thiazole rings is 1. The van der Waals surface area contributed by atoms with Crippen LogP contribution in [0.1, 0.15) is 41.3 Å². The van der Waals surface area contributed by atoms with E-state index < -0.39 is 0 Å². The standard InChI is InChI=1S/C19H23N5O2S/c1-19(2)7-6-14-15(19)21-17(27-14)22-18(26)24-11-9-23(10-12-24)16(25)13-5-3-4-8-20-13/h3-5,8H,6-7,9-12H2,1-2H3,(H,21,22,26). The Hall–Kier alpha value is -2.48. The summed E-state index contributed by atoms with van der Waals surface area (Å²) >= 11 is 1.58. The Morgan fingerprint density at radius 3 is 2.56 bits per heavy atom. The van der Waals surface area contributed by atoms with E-state index in [1.54, 1.807) is 45.5 Å². The van der Waals surface area contributed by atoms with Crippen LogP contribution < -0.4 is 5.32 Å². The van der Waals surface area contributed by atoms with Gasteiger partial charge in [0.25, 0.3) is 5.91 Å². The summed E-state index contributed by atoms with van der Waals surface area (Å²) in [5.41, 5.74) is 1.65. The molecule has 0 atom stereocenters. The normalized spacial score (nSPS) is 18.3. The number of aryl methyl sites for hydroxylation is 1. The zero-order chi connectivity index (χ0) is 19.0. The molecule has 3 heterocycles. The number of fused-ring (bicyclic) bond motifs is 1. The number of urea groups is 1. The molecule has 0 spiro atoms. The second-order valence-electron chi connectivity index (χ2n) is 7.60. The van der Waals surface area contributed by atoms with E-state index in [1.165, 1.54) is 4.88 Å². The lowest BCUT2D eigenvalue weighted by Gasteiger charge is -2.34. The predicted octanol–water partition coefficient (Wildman–Crippen LogP) is 2.75. The van der Waals surface area contributed by atoms with Crippen molar-refractivity contribution in [2.45, 2.75) is 32.1 Å². The first-order valence-corrected chi connectivity index (χ1v) is 10.0. The number of hydrogen-bond donors (Lipinski definition) is 1. The van der Waals surface area contributed by atoms with Gasteiger partial charge in [-0.2, -0.15) is 0 Å². The highest BCUT2D eigenvalue weighted by Gasteiger charge is 2.34. The quantitative estimate of drug-likeness (QED) is 0.862. The van der Waals surface area contributed by atoms with Crippen molar-refractivity contribution in [3.8, 4) is 0 Å². The van der Waals surface area contributed by atoms with Crippen LogP contribution in [0.25, 0.3) is 0 Å². The van der Waals surface area contributed by atoms with E-state index in [1.807, 2.05) is 0 Å². The summed E-state index contributed by atoms with van der Waals surface area (Å²) in [6.45, 7) is 6.40. The fourth-order valence-electron chi connectivity index (χ4n) is 3.58. The number of aromatic nitrogens is 2. The maximum absolute atomic E-state index is 12.6. The third-order valence-corrected chi connectivity index (χ3v) is 6.30. The van der Waals surface area contributed by atoms with Crippen molar-refractivity contribution in [3.05, 3.63) is 40.7 Å². The zero-order valence-electron chi connectivity index (χ0n) is 15.6. The molecule has 3 amide bonds. The molecule has 0 unspecified atom stereocenters. The van der Waals surface area contributed by atoms with Gasteiger partial charge in [-0.15, -0.1) is 11.3 Å². The molecule has 142 valence electrons. The van der Waals surface area contributed by atoms with E-state index in [0.717, 1.165) is 18.5 Å². The Balaban J connectivity index is 1.34. The van der Waals surface area contributed by atoms with Crippen LogP contribution in [0, 0.1) is 0 Å². The molecule has 0 aromatic carbocycles. The number of nitrogens with one attached hydrogen (secondary N) is 1. The minimum atomic E-state index is -0.148. The largest absolute Gasteiger partial charge is 0.334 e. The molecular formula is C19H23N5O2S. The van der Waals surface area contributed by atoms with E-state index in [4.69, 9.17) is 0 Å². The summed E-state index contributed by atoms with van der Waals surface area (Å²) in [6.07, 6.45) is 3.76. The summed E-state index contributed by atoms with van der Waals surface area (Å²) in [5, 5.41) is 3.60. The summed E-state index contributed by atoms with van der Waals surface area (Å²) < 4.78 is 0. The third kappa shape index (κ3) is 3.53. The number of amides is 3. The monoisotopic (exact) mass is 385 g/mol. The average Bonchev–Trinajstić information content (AvgIpc) is 3.21. The Labute approximate surface area is 162 Å². The highest BCUT2D eigenvalue weighted by atomic mass is 32.1. The van der Waals surface area contributed by atoms with E-state index in [9.17, 15) is 9.59 Å². The SMILES string of the molecule is CC1(C)CCc2sc(NC(=O)N3CCN(C(=O)c4ccccn4)CC3)nc21. The molecule has 2 aromatic heterocycles. The molecule has 2 aliphatic rings. The zero-order valence-corrected chi connectivity index (χ0v) is 16.4. The van der Waals surface area contributed by atoms with Gasteiger partial charge in [0.15, 0.2) is 5.13 Å². The van der Waals surface area contributed by atoms with E-state index in [-0.39, 0.29) is 17.4 Å². The Bertz CT molecular complexity index is 856. The van der Waals surface area contributed by atoms with Crippen LogP contribution >= 0.6 is 11.3 Å². The van der Waals surface area contributed by atoms with Gasteiger partial charge in [0.2, 0.25) is 0 Å². The average molecular weight is 385 g/mol. The highest BCUT2D eigenvalue weighted by Crippen LogP contribution is 2.42. The summed E-state index contributed by atoms with van der Waals surface area (Å²) in [6, 6.07) is 5.15. The molecule has 4 rings (SSSR count). The molecule has 1 N–H and O–H groups in total. The number of hydrogen-bond acceptors (Lipinski definition) is 5. The number of pyridine rings is 1. The lowest BCUT2D eigenvalue weighted by Crippen LogP contribution is -2.51. The number of carbonyl (C=O) groups is 2. The topological polar surface area (TPSA) is 78.4 Å². The van der Waals surface area contributed by atoms with Gasteiger partial charge in [-0.05, 0) is 25.0 Å². The minimum Gasteiger partial charge on any atom is -0.334 e. The molecular weight excluding hydrogens is 362 g/mol. The van der Waals surface area contributed by atoms with Crippen molar-refractivity contribution in [3.63, 3.8) is 0 Å².